The van der Waals surface area contributed by atoms with Crippen LogP contribution in [0.3, 0.4) is 0 Å². The van der Waals surface area contributed by atoms with Crippen molar-refractivity contribution >= 4 is 34.7 Å². The molecule has 0 aliphatic carbocycles. The van der Waals surface area contributed by atoms with E-state index in [4.69, 9.17) is 9.73 Å². The molecule has 0 spiro atoms. The third kappa shape index (κ3) is 5.68. The van der Waals surface area contributed by atoms with Crippen molar-refractivity contribution in [2.45, 2.75) is 33.7 Å². The number of ether oxygens (including phenoxy) is 1. The predicted octanol–water partition coefficient (Wildman–Crippen LogP) is 5.59. The second-order valence-electron chi connectivity index (χ2n) is 10.8. The van der Waals surface area contributed by atoms with Crippen molar-refractivity contribution < 1.29 is 14.5 Å². The molecule has 11 heteroatoms. The zero-order chi connectivity index (χ0) is 32.5. The van der Waals surface area contributed by atoms with Gasteiger partial charge in [0.05, 0.1) is 33.4 Å². The lowest BCUT2D eigenvalue weighted by atomic mass is 9.95. The summed E-state index contributed by atoms with van der Waals surface area (Å²) in [5.41, 5.74) is 5.44. The van der Waals surface area contributed by atoms with Crippen molar-refractivity contribution in [3.8, 4) is 11.4 Å². The molecular formula is C35H31N5O5S. The number of benzene rings is 3. The van der Waals surface area contributed by atoms with Crippen LogP contribution in [0.1, 0.15) is 42.4 Å². The maximum Gasteiger partial charge on any atom is 0.271 e. The molecular weight excluding hydrogens is 602 g/mol. The van der Waals surface area contributed by atoms with Crippen molar-refractivity contribution in [1.29, 1.82) is 0 Å². The minimum absolute atomic E-state index is 0.0155. The quantitative estimate of drug-likeness (QED) is 0.177. The summed E-state index contributed by atoms with van der Waals surface area (Å²) >= 11 is 1.27. The minimum atomic E-state index is -0.717. The molecule has 0 bridgehead atoms. The Hall–Kier alpha value is -5.55. The highest BCUT2D eigenvalue weighted by Gasteiger charge is 2.32. The van der Waals surface area contributed by atoms with Crippen molar-refractivity contribution in [2.75, 3.05) is 11.9 Å². The summed E-state index contributed by atoms with van der Waals surface area (Å²) in [5, 5.41) is 14.1. The van der Waals surface area contributed by atoms with E-state index >= 15 is 0 Å². The number of nitro groups is 1. The highest BCUT2D eigenvalue weighted by atomic mass is 32.1. The van der Waals surface area contributed by atoms with Gasteiger partial charge >= 0.3 is 0 Å². The molecule has 1 N–H and O–H groups in total. The Labute approximate surface area is 268 Å². The number of para-hydroxylation sites is 1. The number of fused-ring (bicyclic) bond motifs is 1. The molecule has 0 fully saturated rings. The number of aryl methyl sites for hydroxylation is 1. The Morgan fingerprint density at radius 3 is 2.39 bits per heavy atom. The number of non-ortho nitro benzene ring substituents is 1. The summed E-state index contributed by atoms with van der Waals surface area (Å²) in [5.74, 6) is 0.352. The number of aromatic nitrogens is 2. The molecule has 0 radical (unpaired) electrons. The molecule has 5 aromatic rings. The summed E-state index contributed by atoms with van der Waals surface area (Å²) in [7, 11) is 0. The van der Waals surface area contributed by atoms with E-state index in [9.17, 15) is 19.7 Å². The average molecular weight is 634 g/mol. The van der Waals surface area contributed by atoms with E-state index in [1.165, 1.54) is 23.5 Å². The van der Waals surface area contributed by atoms with Gasteiger partial charge in [0, 0.05) is 34.9 Å². The van der Waals surface area contributed by atoms with Crippen LogP contribution in [0.15, 0.2) is 106 Å². The van der Waals surface area contributed by atoms with Crippen molar-refractivity contribution in [1.82, 2.24) is 9.13 Å². The molecule has 232 valence electrons. The molecule has 3 heterocycles. The number of nitro benzene ring substituents is 1. The number of anilines is 1. The molecule has 46 heavy (non-hydrogen) atoms. The van der Waals surface area contributed by atoms with Crippen LogP contribution >= 0.6 is 11.3 Å². The Balaban J connectivity index is 1.46. The summed E-state index contributed by atoms with van der Waals surface area (Å²) < 4.78 is 9.70. The summed E-state index contributed by atoms with van der Waals surface area (Å²) in [4.78, 5) is 44.0. The summed E-state index contributed by atoms with van der Waals surface area (Å²) in [6.07, 6.45) is 1.84. The normalized spacial score (nSPS) is 14.5. The first-order valence-corrected chi connectivity index (χ1v) is 15.5. The molecule has 3 aromatic carbocycles. The molecule has 6 rings (SSSR count). The first-order chi connectivity index (χ1) is 22.2. The average Bonchev–Trinajstić information content (AvgIpc) is 3.50. The third-order valence-electron chi connectivity index (χ3n) is 7.88. The van der Waals surface area contributed by atoms with E-state index < -0.39 is 11.0 Å². The van der Waals surface area contributed by atoms with E-state index in [-0.39, 0.29) is 17.2 Å². The number of rotatable bonds is 8. The zero-order valence-corrected chi connectivity index (χ0v) is 26.5. The van der Waals surface area contributed by atoms with Crippen molar-refractivity contribution in [3.05, 3.63) is 149 Å². The first-order valence-electron chi connectivity index (χ1n) is 14.7. The highest BCUT2D eigenvalue weighted by Crippen LogP contribution is 2.32. The van der Waals surface area contributed by atoms with Crippen LogP contribution in [-0.4, -0.2) is 26.6 Å². The number of allylic oxidation sites excluding steroid dienone is 1. The van der Waals surface area contributed by atoms with Crippen LogP contribution in [0.5, 0.6) is 5.75 Å². The predicted molar refractivity (Wildman–Crippen MR) is 178 cm³/mol. The number of thiazole rings is 1. The minimum Gasteiger partial charge on any atom is -0.494 e. The van der Waals surface area contributed by atoms with Crippen LogP contribution in [0.2, 0.25) is 0 Å². The molecule has 0 saturated carbocycles. The zero-order valence-electron chi connectivity index (χ0n) is 25.7. The van der Waals surface area contributed by atoms with E-state index in [0.29, 0.717) is 38.6 Å². The first kappa shape index (κ1) is 30.5. The molecule has 1 aliphatic rings. The van der Waals surface area contributed by atoms with Gasteiger partial charge < -0.3 is 14.6 Å². The fraction of sp³-hybridized carbons (Fsp3) is 0.171. The monoisotopic (exact) mass is 633 g/mol. The lowest BCUT2D eigenvalue weighted by molar-refractivity contribution is -0.384. The van der Waals surface area contributed by atoms with Gasteiger partial charge in [-0.1, -0.05) is 41.7 Å². The van der Waals surface area contributed by atoms with Gasteiger partial charge in [0.1, 0.15) is 5.75 Å². The Morgan fingerprint density at radius 2 is 1.74 bits per heavy atom. The van der Waals surface area contributed by atoms with E-state index in [0.717, 1.165) is 28.2 Å². The van der Waals surface area contributed by atoms with Gasteiger partial charge in [-0.3, -0.25) is 24.3 Å². The van der Waals surface area contributed by atoms with E-state index in [1.54, 1.807) is 23.6 Å². The number of nitrogens with one attached hydrogen (secondary N) is 1. The molecule has 0 saturated heterocycles. The molecule has 0 unspecified atom stereocenters. The van der Waals surface area contributed by atoms with E-state index in [1.807, 2.05) is 92.1 Å². The van der Waals surface area contributed by atoms with E-state index in [2.05, 4.69) is 5.32 Å². The second-order valence-corrected chi connectivity index (χ2v) is 11.8. The Kier molecular flexibility index (Phi) is 8.25. The van der Waals surface area contributed by atoms with Gasteiger partial charge in [-0.15, -0.1) is 0 Å². The SMILES string of the molecule is CCOc1ccc([C@@H]2C(C(=O)Nc3ccccc3)=C(C)N=c3s/c(=C\c4cc(C)n(-c5ccc([N+](=O)[O-])cc5)c4C)c(=O)n32)cc1. The van der Waals surface area contributed by atoms with Gasteiger partial charge in [0.15, 0.2) is 4.80 Å². The second kappa shape index (κ2) is 12.4. The fourth-order valence-corrected chi connectivity index (χ4v) is 6.79. The molecule has 1 amide bonds. The summed E-state index contributed by atoms with van der Waals surface area (Å²) in [6.45, 7) is 8.10. The Morgan fingerprint density at radius 1 is 1.04 bits per heavy atom. The van der Waals surface area contributed by atoms with Crippen LogP contribution in [0.4, 0.5) is 11.4 Å². The molecule has 1 atom stereocenters. The number of hydrogen-bond acceptors (Lipinski definition) is 7. The van der Waals surface area contributed by atoms with Gasteiger partial charge in [-0.05, 0) is 87.4 Å². The fourth-order valence-electron chi connectivity index (χ4n) is 5.76. The molecule has 10 nitrogen and oxygen atoms in total. The molecule has 1 aliphatic heterocycles. The number of amides is 1. The smallest absolute Gasteiger partial charge is 0.271 e. The number of carbonyl (C=O) groups excluding carboxylic acids is 1. The largest absolute Gasteiger partial charge is 0.494 e. The third-order valence-corrected chi connectivity index (χ3v) is 8.86. The number of nitrogens with zero attached hydrogens (tertiary/aromatic N) is 4. The number of carbonyl (C=O) groups is 1. The van der Waals surface area contributed by atoms with Crippen molar-refractivity contribution in [2.24, 2.45) is 4.99 Å². The number of hydrogen-bond donors (Lipinski definition) is 1. The van der Waals surface area contributed by atoms with Crippen LogP contribution < -0.4 is 24.9 Å². The van der Waals surface area contributed by atoms with Gasteiger partial charge in [-0.2, -0.15) is 0 Å². The standard InChI is InChI=1S/C35H31N5O5S/c1-5-45-29-17-11-24(12-18-29)32-31(33(41)37-26-9-7-6-8-10-26)22(3)36-35-39(32)34(42)30(46-35)20-25-19-21(2)38(23(25)4)27-13-15-28(16-14-27)40(43)44/h6-20,32H,5H2,1-4H3,(H,37,41)/b30-20-/t32-/m1/s1. The van der Waals surface area contributed by atoms with Crippen LogP contribution in [0.25, 0.3) is 11.8 Å². The van der Waals surface area contributed by atoms with Crippen LogP contribution in [0, 0.1) is 24.0 Å². The topological polar surface area (TPSA) is 121 Å². The highest BCUT2D eigenvalue weighted by molar-refractivity contribution is 7.07. The maximum absolute atomic E-state index is 14.2. The van der Waals surface area contributed by atoms with Crippen LogP contribution in [-0.2, 0) is 4.79 Å². The lowest BCUT2D eigenvalue weighted by Crippen LogP contribution is -2.40. The van der Waals surface area contributed by atoms with Gasteiger partial charge in [0.25, 0.3) is 17.2 Å². The van der Waals surface area contributed by atoms with Crippen molar-refractivity contribution in [3.63, 3.8) is 0 Å². The molecule has 2 aromatic heterocycles. The Bertz CT molecular complexity index is 2180. The lowest BCUT2D eigenvalue weighted by Gasteiger charge is -2.25. The maximum atomic E-state index is 14.2. The van der Waals surface area contributed by atoms with Gasteiger partial charge in [0.2, 0.25) is 0 Å². The summed E-state index contributed by atoms with van der Waals surface area (Å²) in [6, 6.07) is 24.2. The van der Waals surface area contributed by atoms with Gasteiger partial charge in [-0.25, -0.2) is 4.99 Å².